The zero-order chi connectivity index (χ0) is 93.5. The number of ether oxygens (including phenoxy) is 1. The second kappa shape index (κ2) is 39.3. The van der Waals surface area contributed by atoms with Crippen LogP contribution >= 0.6 is 0 Å². The Kier molecular flexibility index (Phi) is 29.8. The number of aryl methyl sites for hydroxylation is 2. The number of rotatable bonds is 21. The zero-order valence-electron chi connectivity index (χ0n) is 73.4. The van der Waals surface area contributed by atoms with E-state index in [1.165, 1.54) is 123 Å². The molecule has 0 atom stereocenters. The van der Waals surface area contributed by atoms with Crippen LogP contribution in [0.15, 0.2) is 60.7 Å². The Morgan fingerprint density at radius 2 is 0.780 bits per heavy atom. The Balaban J connectivity index is 0.000000175. The SMILES string of the molecule is CC(=O)OC(C)(C)C(=O)Nc1cc2c(cc1F)CC(=O)N2.CC(C)(O)C(=O)Nc1cc2c(cc1F)CC(=O)N2.CCN(CC)CCN1CCCc2[nH]c(/C=C3\C(=O)Nc4cc(NC(=O)C(C)(C)O)c(F)cc43)c(C)c2C1=O.CCN(CC)CCN1CCCc2[nH]c(/C=C3\C(=O)Nc4cc(NC(=O)C(C)(C)O)c(F)cc43)c(C)c2C1=O.Nc1cc2c(cc1F)CC(=O)N2. The van der Waals surface area contributed by atoms with Gasteiger partial charge in [-0.3, -0.25) is 57.5 Å². The molecule has 32 nitrogen and oxygen atoms in total. The van der Waals surface area contributed by atoms with Gasteiger partial charge in [0, 0.05) is 97.2 Å². The molecule has 9 heterocycles. The molecule has 0 aliphatic carbocycles. The van der Waals surface area contributed by atoms with E-state index in [0.717, 1.165) is 74.6 Å². The third-order valence-electron chi connectivity index (χ3n) is 22.1. The number of carbonyl (C=O) groups excluding carboxylic acids is 12. The van der Waals surface area contributed by atoms with Crippen molar-refractivity contribution in [1.29, 1.82) is 0 Å². The number of anilines is 10. The predicted octanol–water partition coefficient (Wildman–Crippen LogP) is 10.3. The van der Waals surface area contributed by atoms with E-state index in [-0.39, 0.29) is 88.4 Å². The summed E-state index contributed by atoms with van der Waals surface area (Å²) in [6, 6.07) is 12.9. The van der Waals surface area contributed by atoms with Gasteiger partial charge in [0.15, 0.2) is 5.60 Å². The Hall–Kier alpha value is -13.0. The molecule has 0 saturated heterocycles. The minimum Gasteiger partial charge on any atom is -0.450 e. The average molecular weight is 1760 g/mol. The number of hydrogen-bond donors (Lipinski definition) is 15. The van der Waals surface area contributed by atoms with Crippen LogP contribution < -0.4 is 53.6 Å². The zero-order valence-corrected chi connectivity index (χ0v) is 73.4. The summed E-state index contributed by atoms with van der Waals surface area (Å²) in [5.41, 5.74) is 9.50. The summed E-state index contributed by atoms with van der Waals surface area (Å²) in [6.45, 7) is 32.0. The van der Waals surface area contributed by atoms with Crippen LogP contribution in [0.2, 0.25) is 0 Å². The number of carbonyl (C=O) groups is 12. The first-order valence-corrected chi connectivity index (χ1v) is 41.5. The molecule has 0 spiro atoms. The van der Waals surface area contributed by atoms with E-state index < -0.39 is 92.9 Å². The lowest BCUT2D eigenvalue weighted by molar-refractivity contribution is -0.160. The summed E-state index contributed by atoms with van der Waals surface area (Å²) in [7, 11) is 0. The van der Waals surface area contributed by atoms with Gasteiger partial charge in [-0.25, -0.2) is 22.0 Å². The number of nitrogen functional groups attached to an aromatic ring is 1. The van der Waals surface area contributed by atoms with Crippen molar-refractivity contribution in [3.8, 4) is 0 Å². The molecule has 5 aromatic carbocycles. The van der Waals surface area contributed by atoms with Gasteiger partial charge in [-0.15, -0.1) is 0 Å². The van der Waals surface area contributed by atoms with Crippen LogP contribution in [-0.4, -0.2) is 204 Å². The quantitative estimate of drug-likeness (QED) is 0.0138. The number of aliphatic hydroxyl groups is 3. The number of amides is 11. The Labute approximate surface area is 729 Å². The summed E-state index contributed by atoms with van der Waals surface area (Å²) >= 11 is 0. The molecule has 127 heavy (non-hydrogen) atoms. The minimum absolute atomic E-state index is 0.0161. The highest BCUT2D eigenvalue weighted by Crippen LogP contribution is 2.41. The molecule has 7 aliphatic rings. The molecule has 14 rings (SSSR count). The number of aromatic amines is 2. The average Bonchev–Trinajstić information content (AvgIpc) is 1.62. The van der Waals surface area contributed by atoms with Gasteiger partial charge in [-0.05, 0) is 222 Å². The standard InChI is InChI=1S/2C28H36FN5O4.C14H15FN2O4.C12H13FN2O3.C8H7FN2O/c2*1-6-33(7-2)11-12-34-10-8-9-20-24(26(34)36)16(3)21(30-20)14-18-17-13-19(29)23(15-22(17)31-25(18)35)32-27(37)28(4,5)38;1-7(18)21-14(2,3)13(20)17-11-6-10-8(4-9(11)15)5-12(19)16-10;1-12(2,18)11(17)15-9-5-8-6(3-7(9)13)4-10(16)14-8;9-5-1-4-2-8(12)11-7(4)3-6(5)10/h2*13-15,30,38H,6-12H2,1-5H3,(H,31,35)(H,32,37);4,6H,5H2,1-3H3,(H,16,19)(H,17,20);3,5,18H,4H2,1-2H3,(H,14,16)(H,15,17);1,3H,2,10H2,(H,11,12)/b2*18-14-;;;. The van der Waals surface area contributed by atoms with Crippen molar-refractivity contribution in [2.45, 2.75) is 171 Å². The van der Waals surface area contributed by atoms with Crippen LogP contribution in [0.25, 0.3) is 23.3 Å². The van der Waals surface area contributed by atoms with E-state index in [1.807, 2.05) is 23.6 Å². The molecule has 0 radical (unpaired) electrons. The number of benzene rings is 5. The van der Waals surface area contributed by atoms with Gasteiger partial charge in [0.25, 0.3) is 47.3 Å². The fourth-order valence-electron chi connectivity index (χ4n) is 14.7. The van der Waals surface area contributed by atoms with E-state index in [4.69, 9.17) is 10.5 Å². The lowest BCUT2D eigenvalue weighted by atomic mass is 10.0. The summed E-state index contributed by atoms with van der Waals surface area (Å²) < 4.78 is 75.1. The summed E-state index contributed by atoms with van der Waals surface area (Å²) in [5, 5.41) is 51.7. The van der Waals surface area contributed by atoms with Gasteiger partial charge in [0.05, 0.1) is 81.3 Å². The number of likely N-dealkylation sites (N-methyl/N-ethyl adjacent to an activating group) is 2. The Morgan fingerprint density at radius 3 is 1.11 bits per heavy atom. The second-order valence-electron chi connectivity index (χ2n) is 33.4. The van der Waals surface area contributed by atoms with Gasteiger partial charge >= 0.3 is 5.97 Å². The maximum absolute atomic E-state index is 14.9. The first kappa shape index (κ1) is 96.2. The molecule has 678 valence electrons. The van der Waals surface area contributed by atoms with Crippen molar-refractivity contribution in [3.63, 3.8) is 0 Å². The highest BCUT2D eigenvalue weighted by Gasteiger charge is 2.38. The van der Waals surface area contributed by atoms with E-state index in [0.29, 0.717) is 118 Å². The van der Waals surface area contributed by atoms with Crippen molar-refractivity contribution in [1.82, 2.24) is 29.6 Å². The van der Waals surface area contributed by atoms with Crippen molar-refractivity contribution < 1.29 is 99.5 Å². The lowest BCUT2D eigenvalue weighted by Crippen LogP contribution is -2.41. The maximum atomic E-state index is 14.9. The van der Waals surface area contributed by atoms with Crippen molar-refractivity contribution in [2.75, 3.05) is 119 Å². The number of nitrogens with one attached hydrogen (secondary N) is 11. The Bertz CT molecular complexity index is 5420. The van der Waals surface area contributed by atoms with E-state index >= 15 is 0 Å². The number of nitrogens with zero attached hydrogens (tertiary/aromatic N) is 4. The van der Waals surface area contributed by atoms with Crippen LogP contribution in [0, 0.1) is 42.9 Å². The van der Waals surface area contributed by atoms with Gasteiger partial charge in [-0.1, -0.05) is 27.7 Å². The topological polar surface area (TPSA) is 454 Å². The van der Waals surface area contributed by atoms with Crippen LogP contribution in [0.3, 0.4) is 0 Å². The molecule has 2 aromatic heterocycles. The fraction of sp³-hybridized carbons (Fsp3) is 0.400. The van der Waals surface area contributed by atoms with Crippen molar-refractivity contribution in [2.24, 2.45) is 0 Å². The molecule has 0 unspecified atom stereocenters. The molecule has 11 amide bonds. The summed E-state index contributed by atoms with van der Waals surface area (Å²) in [4.78, 5) is 160. The van der Waals surface area contributed by atoms with E-state index in [1.54, 1.807) is 12.2 Å². The van der Waals surface area contributed by atoms with Crippen LogP contribution in [-0.2, 0) is 84.8 Å². The molecule has 0 saturated carbocycles. The van der Waals surface area contributed by atoms with Crippen LogP contribution in [0.5, 0.6) is 0 Å². The summed E-state index contributed by atoms with van der Waals surface area (Å²) in [6.07, 6.45) is 6.88. The normalized spacial score (nSPS) is 15.5. The minimum atomic E-state index is -1.69. The van der Waals surface area contributed by atoms with Gasteiger partial charge < -0.3 is 103 Å². The predicted molar refractivity (Wildman–Crippen MR) is 471 cm³/mol. The second-order valence-corrected chi connectivity index (χ2v) is 33.4. The number of halogens is 5. The number of H-pyrrole nitrogens is 2. The smallest absolute Gasteiger partial charge is 0.303 e. The van der Waals surface area contributed by atoms with Gasteiger partial charge in [0.2, 0.25) is 17.7 Å². The number of esters is 1. The van der Waals surface area contributed by atoms with E-state index in [2.05, 4.69) is 95.3 Å². The third kappa shape index (κ3) is 23.0. The first-order chi connectivity index (χ1) is 59.5. The molecular weight excluding hydrogens is 1660 g/mol. The van der Waals surface area contributed by atoms with Crippen molar-refractivity contribution >= 4 is 151 Å². The largest absolute Gasteiger partial charge is 0.450 e. The maximum Gasteiger partial charge on any atom is 0.303 e. The third-order valence-corrected chi connectivity index (χ3v) is 22.1. The molecule has 16 N–H and O–H groups in total. The molecule has 7 aromatic rings. The first-order valence-electron chi connectivity index (χ1n) is 41.5. The van der Waals surface area contributed by atoms with Gasteiger partial charge in [0.1, 0.15) is 45.9 Å². The van der Waals surface area contributed by atoms with E-state index in [9.17, 15) is 94.8 Å². The molecular formula is C90H107F5N16O16. The fourth-order valence-corrected chi connectivity index (χ4v) is 14.7. The molecule has 37 heteroatoms. The Morgan fingerprint density at radius 1 is 0.465 bits per heavy atom. The monoisotopic (exact) mass is 1760 g/mol. The molecule has 0 fully saturated rings. The highest BCUT2D eigenvalue weighted by molar-refractivity contribution is 6.36. The molecule has 0 bridgehead atoms. The number of hydrogen-bond acceptors (Lipinski definition) is 19. The number of aromatic nitrogens is 2. The van der Waals surface area contributed by atoms with Crippen molar-refractivity contribution in [3.05, 3.63) is 163 Å². The number of nitrogens with two attached hydrogens (primary N) is 1. The lowest BCUT2D eigenvalue weighted by Gasteiger charge is -2.25. The van der Waals surface area contributed by atoms with Crippen LogP contribution in [0.4, 0.5) is 78.8 Å². The summed E-state index contributed by atoms with van der Waals surface area (Å²) in [5.74, 6) is -8.18. The van der Waals surface area contributed by atoms with Gasteiger partial charge in [-0.2, -0.15) is 0 Å². The number of fused-ring (bicyclic) bond motifs is 7. The van der Waals surface area contributed by atoms with Crippen LogP contribution in [0.1, 0.15) is 185 Å². The molecule has 7 aliphatic heterocycles. The highest BCUT2D eigenvalue weighted by atomic mass is 19.1.